The summed E-state index contributed by atoms with van der Waals surface area (Å²) in [5, 5.41) is 13.8. The van der Waals surface area contributed by atoms with Crippen LogP contribution < -0.4 is 16.4 Å². The Kier molecular flexibility index (Phi) is 8.28. The van der Waals surface area contributed by atoms with E-state index in [0.717, 1.165) is 0 Å². The number of unbranched alkanes of at least 4 members (excludes halogenated alkanes) is 1. The first-order valence-corrected chi connectivity index (χ1v) is 7.69. The van der Waals surface area contributed by atoms with Crippen molar-refractivity contribution in [1.29, 1.82) is 0 Å². The Balaban J connectivity index is 2.64. The highest BCUT2D eigenvalue weighted by molar-refractivity contribution is 5.96. The summed E-state index contributed by atoms with van der Waals surface area (Å²) in [6, 6.07) is 1.51. The highest BCUT2D eigenvalue weighted by atomic mass is 16.4. The van der Waals surface area contributed by atoms with E-state index in [1.807, 2.05) is 0 Å². The van der Waals surface area contributed by atoms with Gasteiger partial charge in [-0.25, -0.2) is 0 Å². The quantitative estimate of drug-likeness (QED) is 0.363. The van der Waals surface area contributed by atoms with Crippen LogP contribution in [0.15, 0.2) is 28.9 Å². The van der Waals surface area contributed by atoms with Gasteiger partial charge in [-0.05, 0) is 50.9 Å². The Morgan fingerprint density at radius 3 is 2.67 bits per heavy atom. The second kappa shape index (κ2) is 10.2. The number of amides is 2. The van der Waals surface area contributed by atoms with Gasteiger partial charge in [-0.2, -0.15) is 0 Å². The fraction of sp³-hybridized carbons (Fsp3) is 0.438. The van der Waals surface area contributed by atoms with Crippen LogP contribution in [0.3, 0.4) is 0 Å². The van der Waals surface area contributed by atoms with E-state index in [2.05, 4.69) is 10.6 Å². The predicted octanol–water partition coefficient (Wildman–Crippen LogP) is 0.496. The molecule has 2 atom stereocenters. The Labute approximate surface area is 140 Å². The third-order valence-corrected chi connectivity index (χ3v) is 3.25. The van der Waals surface area contributed by atoms with Gasteiger partial charge in [0.1, 0.15) is 17.8 Å². The summed E-state index contributed by atoms with van der Waals surface area (Å²) in [6.07, 6.45) is 5.92. The van der Waals surface area contributed by atoms with E-state index in [4.69, 9.17) is 15.3 Å². The Morgan fingerprint density at radius 2 is 2.08 bits per heavy atom. The lowest BCUT2D eigenvalue weighted by Crippen LogP contribution is -2.50. The van der Waals surface area contributed by atoms with Gasteiger partial charge in [0.2, 0.25) is 11.8 Å². The fourth-order valence-electron chi connectivity index (χ4n) is 1.90. The van der Waals surface area contributed by atoms with Crippen LogP contribution in [-0.4, -0.2) is 41.5 Å². The van der Waals surface area contributed by atoms with E-state index in [-0.39, 0.29) is 0 Å². The topological polar surface area (TPSA) is 135 Å². The molecule has 8 heteroatoms. The Bertz CT molecular complexity index is 568. The molecule has 1 rings (SSSR count). The molecule has 0 aliphatic rings. The monoisotopic (exact) mass is 337 g/mol. The highest BCUT2D eigenvalue weighted by Crippen LogP contribution is 2.04. The van der Waals surface area contributed by atoms with Crippen molar-refractivity contribution in [2.45, 2.75) is 38.3 Å². The summed E-state index contributed by atoms with van der Waals surface area (Å²) in [5.41, 5.74) is 5.43. The fourth-order valence-corrected chi connectivity index (χ4v) is 1.90. The second-order valence-electron chi connectivity index (χ2n) is 5.26. The van der Waals surface area contributed by atoms with Gasteiger partial charge in [-0.1, -0.05) is 0 Å². The van der Waals surface area contributed by atoms with Crippen LogP contribution in [0.2, 0.25) is 0 Å². The zero-order valence-corrected chi connectivity index (χ0v) is 13.5. The number of carbonyl (C=O) groups excluding carboxylic acids is 2. The first-order chi connectivity index (χ1) is 11.4. The van der Waals surface area contributed by atoms with Crippen LogP contribution in [0, 0.1) is 0 Å². The summed E-state index contributed by atoms with van der Waals surface area (Å²) in [7, 11) is 0. The first-order valence-electron chi connectivity index (χ1n) is 7.69. The normalized spacial score (nSPS) is 13.4. The van der Waals surface area contributed by atoms with Crippen LogP contribution in [0.1, 0.15) is 31.9 Å². The number of hydrogen-bond donors (Lipinski definition) is 4. The molecule has 0 spiro atoms. The average molecular weight is 337 g/mol. The van der Waals surface area contributed by atoms with Gasteiger partial charge in [-0.15, -0.1) is 0 Å². The van der Waals surface area contributed by atoms with E-state index in [1.165, 1.54) is 25.3 Å². The van der Waals surface area contributed by atoms with Crippen LogP contribution in [0.5, 0.6) is 0 Å². The lowest BCUT2D eigenvalue weighted by Gasteiger charge is -2.19. The third kappa shape index (κ3) is 7.10. The molecular formula is C16H23N3O5. The maximum atomic E-state index is 12.2. The molecule has 8 nitrogen and oxygen atoms in total. The Morgan fingerprint density at radius 1 is 1.33 bits per heavy atom. The number of rotatable bonds is 10. The molecule has 5 N–H and O–H groups in total. The van der Waals surface area contributed by atoms with Crippen LogP contribution in [0.4, 0.5) is 0 Å². The zero-order valence-electron chi connectivity index (χ0n) is 13.5. The van der Waals surface area contributed by atoms with Crippen molar-refractivity contribution in [1.82, 2.24) is 10.6 Å². The number of carbonyl (C=O) groups is 3. The molecule has 0 radical (unpaired) electrons. The lowest BCUT2D eigenvalue weighted by molar-refractivity contribution is -0.141. The summed E-state index contributed by atoms with van der Waals surface area (Å²) < 4.78 is 5.07. The van der Waals surface area contributed by atoms with Crippen molar-refractivity contribution in [3.05, 3.63) is 30.2 Å². The molecule has 24 heavy (non-hydrogen) atoms. The van der Waals surface area contributed by atoms with Crippen molar-refractivity contribution < 1.29 is 23.9 Å². The van der Waals surface area contributed by atoms with Crippen LogP contribution in [0.25, 0.3) is 6.08 Å². The van der Waals surface area contributed by atoms with E-state index < -0.39 is 29.9 Å². The molecule has 0 saturated carbocycles. The number of nitrogens with two attached hydrogens (primary N) is 1. The molecule has 1 heterocycles. The van der Waals surface area contributed by atoms with Gasteiger partial charge in [-0.3, -0.25) is 14.4 Å². The lowest BCUT2D eigenvalue weighted by atomic mass is 10.1. The molecule has 2 amide bonds. The minimum Gasteiger partial charge on any atom is -0.480 e. The molecule has 0 fully saturated rings. The smallest absolute Gasteiger partial charge is 0.325 e. The minimum atomic E-state index is -1.15. The number of carboxylic acids is 1. The maximum absolute atomic E-state index is 12.2. The first kappa shape index (κ1) is 19.4. The van der Waals surface area contributed by atoms with Gasteiger partial charge in [0.15, 0.2) is 0 Å². The molecule has 1 aromatic rings. The zero-order chi connectivity index (χ0) is 17.9. The number of hydrogen-bond acceptors (Lipinski definition) is 5. The number of furan rings is 1. The number of aliphatic carboxylic acids is 1. The summed E-state index contributed by atoms with van der Waals surface area (Å²) in [6.45, 7) is 1.84. The summed E-state index contributed by atoms with van der Waals surface area (Å²) in [5.74, 6) is -1.65. The molecule has 0 aliphatic carbocycles. The molecule has 0 unspecified atom stereocenters. The Hall–Kier alpha value is -2.61. The molecule has 0 aromatic carbocycles. The summed E-state index contributed by atoms with van der Waals surface area (Å²) >= 11 is 0. The highest BCUT2D eigenvalue weighted by Gasteiger charge is 2.23. The molecule has 1 aromatic heterocycles. The van der Waals surface area contributed by atoms with Crippen LogP contribution in [-0.2, 0) is 14.4 Å². The van der Waals surface area contributed by atoms with Crippen molar-refractivity contribution in [3.8, 4) is 0 Å². The van der Waals surface area contributed by atoms with E-state index in [1.54, 1.807) is 12.1 Å². The molecule has 0 saturated heterocycles. The predicted molar refractivity (Wildman–Crippen MR) is 87.8 cm³/mol. The summed E-state index contributed by atoms with van der Waals surface area (Å²) in [4.78, 5) is 34.9. The minimum absolute atomic E-state index is 0.371. The average Bonchev–Trinajstić information content (AvgIpc) is 3.05. The van der Waals surface area contributed by atoms with Crippen LogP contribution >= 0.6 is 0 Å². The van der Waals surface area contributed by atoms with Gasteiger partial charge in [0.25, 0.3) is 0 Å². The number of carboxylic acid groups (broad SMARTS) is 1. The van der Waals surface area contributed by atoms with Crippen molar-refractivity contribution >= 4 is 23.9 Å². The van der Waals surface area contributed by atoms with E-state index >= 15 is 0 Å². The second-order valence-corrected chi connectivity index (χ2v) is 5.26. The van der Waals surface area contributed by atoms with Gasteiger partial charge in [0, 0.05) is 6.08 Å². The molecule has 0 aliphatic heterocycles. The van der Waals surface area contributed by atoms with Crippen molar-refractivity contribution in [2.75, 3.05) is 6.54 Å². The molecular weight excluding hydrogens is 314 g/mol. The van der Waals surface area contributed by atoms with Gasteiger partial charge >= 0.3 is 5.97 Å². The van der Waals surface area contributed by atoms with Crippen molar-refractivity contribution in [3.63, 3.8) is 0 Å². The van der Waals surface area contributed by atoms with Gasteiger partial charge in [0.05, 0.1) is 6.26 Å². The van der Waals surface area contributed by atoms with Gasteiger partial charge < -0.3 is 25.9 Å². The maximum Gasteiger partial charge on any atom is 0.325 e. The largest absolute Gasteiger partial charge is 0.480 e. The number of nitrogens with one attached hydrogen (secondary N) is 2. The molecule has 132 valence electrons. The van der Waals surface area contributed by atoms with E-state index in [9.17, 15) is 14.4 Å². The standard InChI is InChI=1S/C16H23N3O5/c1-11(16(22)23)18-15(21)13(6-2-3-9-17)19-14(20)8-7-12-5-4-10-24-12/h4-5,7-8,10-11,13H,2-3,6,9,17H2,1H3,(H,18,21)(H,19,20)(H,22,23)/b8-7+/t11-,13-/m1/s1. The van der Waals surface area contributed by atoms with Crippen molar-refractivity contribution in [2.24, 2.45) is 5.73 Å². The molecule has 0 bridgehead atoms. The third-order valence-electron chi connectivity index (χ3n) is 3.25. The van der Waals surface area contributed by atoms with E-state index in [0.29, 0.717) is 31.6 Å². The SMILES string of the molecule is C[C@@H](NC(=O)[C@@H](CCCCN)NC(=O)/C=C/c1ccco1)C(=O)O.